The molecule has 2 aromatic heterocycles. The maximum absolute atomic E-state index is 14.1. The molecule has 0 spiro atoms. The molecule has 0 aliphatic carbocycles. The number of benzene rings is 2. The first-order valence-electron chi connectivity index (χ1n) is 17.4. The number of nitrogens with zero attached hydrogens (tertiary/aromatic N) is 5. The second kappa shape index (κ2) is 15.1. The van der Waals surface area contributed by atoms with Gasteiger partial charge in [0.1, 0.15) is 11.9 Å². The van der Waals surface area contributed by atoms with E-state index in [0.29, 0.717) is 63.3 Å². The summed E-state index contributed by atoms with van der Waals surface area (Å²) in [6, 6.07) is 10.3. The number of hydrogen-bond acceptors (Lipinski definition) is 9. The smallest absolute Gasteiger partial charge is 0.243 e. The van der Waals surface area contributed by atoms with Gasteiger partial charge in [0.15, 0.2) is 11.6 Å². The van der Waals surface area contributed by atoms with Crippen LogP contribution in [0.3, 0.4) is 0 Å². The molecule has 2 aromatic carbocycles. The number of halogens is 3. The fourth-order valence-electron chi connectivity index (χ4n) is 7.26. The molecule has 0 bridgehead atoms. The number of imide groups is 1. The first kappa shape index (κ1) is 35.7. The Bertz CT molecular complexity index is 2020. The van der Waals surface area contributed by atoms with Gasteiger partial charge in [0, 0.05) is 85.4 Å². The Morgan fingerprint density at radius 2 is 1.92 bits per heavy atom. The average molecular weight is 750 g/mol. The van der Waals surface area contributed by atoms with Gasteiger partial charge >= 0.3 is 0 Å². The quantitative estimate of drug-likeness (QED) is 0.133. The predicted octanol–water partition coefficient (Wildman–Crippen LogP) is 5.90. The van der Waals surface area contributed by atoms with Gasteiger partial charge in [-0.1, -0.05) is 35.3 Å². The molecule has 3 amide bonds. The predicted molar refractivity (Wildman–Crippen MR) is 195 cm³/mol. The van der Waals surface area contributed by atoms with Gasteiger partial charge < -0.3 is 20.7 Å². The highest BCUT2D eigenvalue weighted by molar-refractivity contribution is 6.36. The number of rotatable bonds is 10. The molecule has 2 fully saturated rings. The molecular formula is C37H39Cl2FN8O4. The van der Waals surface area contributed by atoms with Crippen molar-refractivity contribution in [1.29, 1.82) is 0 Å². The summed E-state index contributed by atoms with van der Waals surface area (Å²) < 4.78 is 22.1. The molecule has 4 N–H and O–H groups in total. The highest BCUT2D eigenvalue weighted by Crippen LogP contribution is 2.37. The van der Waals surface area contributed by atoms with Crippen molar-refractivity contribution in [2.75, 3.05) is 30.7 Å². The van der Waals surface area contributed by atoms with Gasteiger partial charge in [0.25, 0.3) is 0 Å². The second-order valence-electron chi connectivity index (χ2n) is 13.4. The standard InChI is InChI=1S/C37H39Cl2FN8O4/c1-21(34-27(38)5-6-28(40)35(34)39)52-31-15-23(16-43-36(31)41)24-17-44-48(19-24)25-10-13-46(14-11-25)33(50)9-12-42-29-4-2-3-22-18-47(20-26(22)29)30-7-8-32(49)45-37(30)51/h2-6,15-17,19,21,25,30,42H,7-14,18,20H2,1H3,(H2,41,43)(H,45,49,51)/t21-,30?/m1/s1. The number of carbonyl (C=O) groups is 3. The van der Waals surface area contributed by atoms with Crippen molar-refractivity contribution < 1.29 is 23.5 Å². The zero-order valence-electron chi connectivity index (χ0n) is 28.6. The molecule has 272 valence electrons. The van der Waals surface area contributed by atoms with Crippen molar-refractivity contribution in [1.82, 2.24) is 29.9 Å². The number of hydrogen-bond donors (Lipinski definition) is 3. The highest BCUT2D eigenvalue weighted by Gasteiger charge is 2.35. The molecule has 1 unspecified atom stereocenters. The summed E-state index contributed by atoms with van der Waals surface area (Å²) in [7, 11) is 0. The van der Waals surface area contributed by atoms with Crippen LogP contribution in [0.5, 0.6) is 5.75 Å². The Morgan fingerprint density at radius 3 is 2.71 bits per heavy atom. The summed E-state index contributed by atoms with van der Waals surface area (Å²) in [6.07, 6.45) is 7.43. The number of pyridine rings is 1. The van der Waals surface area contributed by atoms with Gasteiger partial charge in [-0.2, -0.15) is 5.10 Å². The lowest BCUT2D eigenvalue weighted by atomic mass is 10.0. The largest absolute Gasteiger partial charge is 0.482 e. The molecule has 0 radical (unpaired) electrons. The van der Waals surface area contributed by atoms with E-state index in [1.165, 1.54) is 12.1 Å². The molecule has 3 aliphatic heterocycles. The molecule has 3 aliphatic rings. The van der Waals surface area contributed by atoms with Gasteiger partial charge in [-0.05, 0) is 61.6 Å². The third-order valence-corrected chi connectivity index (χ3v) is 10.8. The Hall–Kier alpha value is -4.72. The lowest BCUT2D eigenvalue weighted by molar-refractivity contribution is -0.138. The third kappa shape index (κ3) is 7.43. The van der Waals surface area contributed by atoms with E-state index >= 15 is 0 Å². The minimum atomic E-state index is -0.696. The zero-order chi connectivity index (χ0) is 36.5. The molecule has 4 aromatic rings. The van der Waals surface area contributed by atoms with Gasteiger partial charge in [-0.3, -0.25) is 29.3 Å². The fourth-order valence-corrected chi connectivity index (χ4v) is 7.94. The minimum absolute atomic E-state index is 0.0976. The van der Waals surface area contributed by atoms with E-state index in [4.69, 9.17) is 33.7 Å². The zero-order valence-corrected chi connectivity index (χ0v) is 30.1. The van der Waals surface area contributed by atoms with Crippen LogP contribution in [-0.4, -0.2) is 68.0 Å². The van der Waals surface area contributed by atoms with Crippen LogP contribution in [-0.2, 0) is 27.5 Å². The molecule has 52 heavy (non-hydrogen) atoms. The average Bonchev–Trinajstić information content (AvgIpc) is 3.80. The normalized spacial score (nSPS) is 18.6. The van der Waals surface area contributed by atoms with Crippen molar-refractivity contribution in [2.24, 2.45) is 0 Å². The summed E-state index contributed by atoms with van der Waals surface area (Å²) >= 11 is 12.5. The number of nitrogens with two attached hydrogens (primary N) is 1. The van der Waals surface area contributed by atoms with E-state index in [2.05, 4.69) is 31.7 Å². The van der Waals surface area contributed by atoms with Crippen LogP contribution in [0.4, 0.5) is 15.9 Å². The van der Waals surface area contributed by atoms with E-state index in [-0.39, 0.29) is 45.7 Å². The van der Waals surface area contributed by atoms with Crippen molar-refractivity contribution in [3.63, 3.8) is 0 Å². The summed E-state index contributed by atoms with van der Waals surface area (Å²) in [5, 5.41) is 10.7. The molecular weight excluding hydrogens is 710 g/mol. The number of carbonyl (C=O) groups excluding carboxylic acids is 3. The van der Waals surface area contributed by atoms with Crippen LogP contribution in [0.25, 0.3) is 11.1 Å². The molecule has 2 saturated heterocycles. The summed E-state index contributed by atoms with van der Waals surface area (Å²) in [5.74, 6) is -0.465. The number of nitrogen functional groups attached to an aromatic ring is 1. The van der Waals surface area contributed by atoms with E-state index in [1.807, 2.05) is 27.9 Å². The molecule has 15 heteroatoms. The number of piperidine rings is 2. The number of nitrogens with one attached hydrogen (secondary N) is 2. The number of likely N-dealkylation sites (tertiary alicyclic amines) is 1. The molecule has 2 atom stereocenters. The lowest BCUT2D eigenvalue weighted by Gasteiger charge is -2.32. The maximum atomic E-state index is 14.1. The maximum Gasteiger partial charge on any atom is 0.243 e. The van der Waals surface area contributed by atoms with Crippen molar-refractivity contribution in [3.05, 3.63) is 87.5 Å². The van der Waals surface area contributed by atoms with Gasteiger partial charge in [-0.25, -0.2) is 9.37 Å². The lowest BCUT2D eigenvalue weighted by Crippen LogP contribution is -2.50. The third-order valence-electron chi connectivity index (χ3n) is 10.1. The SMILES string of the molecule is C[C@@H](Oc1cc(-c2cnn(C3CCN(C(=O)CCNc4cccc5c4CN(C4CCC(=O)NC4=O)C5)CC3)c2)cnc1N)c1c(Cl)ccc(F)c1Cl. The van der Waals surface area contributed by atoms with E-state index in [9.17, 15) is 18.8 Å². The highest BCUT2D eigenvalue weighted by atomic mass is 35.5. The number of ether oxygens (including phenoxy) is 1. The molecule has 7 rings (SSSR count). The summed E-state index contributed by atoms with van der Waals surface area (Å²) in [4.78, 5) is 45.5. The van der Waals surface area contributed by atoms with Crippen molar-refractivity contribution in [2.45, 2.75) is 70.3 Å². The first-order valence-corrected chi connectivity index (χ1v) is 18.1. The number of anilines is 2. The van der Waals surface area contributed by atoms with Crippen LogP contribution in [0.2, 0.25) is 10.0 Å². The monoisotopic (exact) mass is 748 g/mol. The Morgan fingerprint density at radius 1 is 1.12 bits per heavy atom. The summed E-state index contributed by atoms with van der Waals surface area (Å²) in [6.45, 7) is 4.73. The van der Waals surface area contributed by atoms with Crippen molar-refractivity contribution >= 4 is 52.4 Å². The van der Waals surface area contributed by atoms with Gasteiger partial charge in [-0.15, -0.1) is 0 Å². The molecule has 5 heterocycles. The van der Waals surface area contributed by atoms with E-state index < -0.39 is 11.9 Å². The van der Waals surface area contributed by atoms with E-state index in [0.717, 1.165) is 40.8 Å². The van der Waals surface area contributed by atoms with Crippen LogP contribution in [0.1, 0.15) is 67.9 Å². The van der Waals surface area contributed by atoms with Crippen LogP contribution in [0.15, 0.2) is 55.0 Å². The molecule has 12 nitrogen and oxygen atoms in total. The minimum Gasteiger partial charge on any atom is -0.482 e. The van der Waals surface area contributed by atoms with Crippen molar-refractivity contribution in [3.8, 4) is 16.9 Å². The topological polar surface area (TPSA) is 148 Å². The van der Waals surface area contributed by atoms with Gasteiger partial charge in [0.05, 0.1) is 23.3 Å². The van der Waals surface area contributed by atoms with Crippen LogP contribution < -0.4 is 21.1 Å². The summed E-state index contributed by atoms with van der Waals surface area (Å²) in [5.41, 5.74) is 11.3. The fraction of sp³-hybridized carbons (Fsp3) is 0.378. The van der Waals surface area contributed by atoms with Crippen LogP contribution in [0, 0.1) is 5.82 Å². The number of amides is 3. The van der Waals surface area contributed by atoms with Crippen LogP contribution >= 0.6 is 23.2 Å². The Kier molecular flexibility index (Phi) is 10.4. The Labute approximate surface area is 310 Å². The number of fused-ring (bicyclic) bond motifs is 1. The van der Waals surface area contributed by atoms with Gasteiger partial charge in [0.2, 0.25) is 17.7 Å². The molecule has 0 saturated carbocycles. The number of aromatic nitrogens is 3. The first-order chi connectivity index (χ1) is 25.0. The Balaban J connectivity index is 0.905. The second-order valence-corrected chi connectivity index (χ2v) is 14.2. The van der Waals surface area contributed by atoms with E-state index in [1.54, 1.807) is 25.4 Å².